The molecule has 1 amide bonds. The van der Waals surface area contributed by atoms with E-state index in [-0.39, 0.29) is 11.9 Å². The SMILES string of the molecule is COc1cc(C(=O)N[C@@H]2CCc3ccccc32)ccc1N. The van der Waals surface area contributed by atoms with Gasteiger partial charge in [0.05, 0.1) is 18.8 Å². The molecule has 0 radical (unpaired) electrons. The zero-order valence-electron chi connectivity index (χ0n) is 11.9. The largest absolute Gasteiger partial charge is 0.495 e. The van der Waals surface area contributed by atoms with E-state index in [1.807, 2.05) is 12.1 Å². The van der Waals surface area contributed by atoms with Crippen LogP contribution in [0.5, 0.6) is 5.75 Å². The summed E-state index contributed by atoms with van der Waals surface area (Å²) >= 11 is 0. The number of fused-ring (bicyclic) bond motifs is 1. The van der Waals surface area contributed by atoms with Gasteiger partial charge < -0.3 is 15.8 Å². The monoisotopic (exact) mass is 282 g/mol. The van der Waals surface area contributed by atoms with E-state index in [4.69, 9.17) is 10.5 Å². The highest BCUT2D eigenvalue weighted by molar-refractivity contribution is 5.95. The summed E-state index contributed by atoms with van der Waals surface area (Å²) < 4.78 is 5.16. The van der Waals surface area contributed by atoms with Gasteiger partial charge in [-0.1, -0.05) is 24.3 Å². The van der Waals surface area contributed by atoms with Crippen LogP contribution in [0.2, 0.25) is 0 Å². The van der Waals surface area contributed by atoms with Crippen LogP contribution in [0.1, 0.15) is 33.9 Å². The number of methoxy groups -OCH3 is 1. The van der Waals surface area contributed by atoms with Crippen molar-refractivity contribution in [3.05, 3.63) is 59.2 Å². The van der Waals surface area contributed by atoms with Crippen molar-refractivity contribution in [3.8, 4) is 5.75 Å². The van der Waals surface area contributed by atoms with E-state index < -0.39 is 0 Å². The van der Waals surface area contributed by atoms with E-state index >= 15 is 0 Å². The van der Waals surface area contributed by atoms with Crippen molar-refractivity contribution in [2.24, 2.45) is 0 Å². The highest BCUT2D eigenvalue weighted by atomic mass is 16.5. The van der Waals surface area contributed by atoms with Gasteiger partial charge in [-0.2, -0.15) is 0 Å². The van der Waals surface area contributed by atoms with Crippen LogP contribution >= 0.6 is 0 Å². The first-order valence-corrected chi connectivity index (χ1v) is 7.01. The lowest BCUT2D eigenvalue weighted by Gasteiger charge is -2.15. The molecule has 0 fully saturated rings. The first-order chi connectivity index (χ1) is 10.2. The fourth-order valence-electron chi connectivity index (χ4n) is 2.80. The summed E-state index contributed by atoms with van der Waals surface area (Å²) in [5.74, 6) is 0.421. The fourth-order valence-corrected chi connectivity index (χ4v) is 2.80. The van der Waals surface area contributed by atoms with E-state index in [0.29, 0.717) is 17.0 Å². The molecule has 108 valence electrons. The second-order valence-electron chi connectivity index (χ2n) is 5.22. The molecular formula is C17H18N2O2. The van der Waals surface area contributed by atoms with Gasteiger partial charge in [-0.15, -0.1) is 0 Å². The Kier molecular flexibility index (Phi) is 3.52. The van der Waals surface area contributed by atoms with Gasteiger partial charge in [0.1, 0.15) is 5.75 Å². The van der Waals surface area contributed by atoms with Crippen molar-refractivity contribution < 1.29 is 9.53 Å². The molecule has 2 aromatic carbocycles. The average molecular weight is 282 g/mol. The third-order valence-electron chi connectivity index (χ3n) is 3.93. The van der Waals surface area contributed by atoms with E-state index in [1.165, 1.54) is 11.1 Å². The zero-order valence-corrected chi connectivity index (χ0v) is 11.9. The molecule has 21 heavy (non-hydrogen) atoms. The van der Waals surface area contributed by atoms with Crippen LogP contribution in [0.4, 0.5) is 5.69 Å². The predicted octanol–water partition coefficient (Wildman–Crippen LogP) is 2.69. The predicted molar refractivity (Wildman–Crippen MR) is 82.4 cm³/mol. The number of ether oxygens (including phenoxy) is 1. The molecule has 2 aromatic rings. The van der Waals surface area contributed by atoms with E-state index in [0.717, 1.165) is 12.8 Å². The summed E-state index contributed by atoms with van der Waals surface area (Å²) in [6.07, 6.45) is 1.95. The van der Waals surface area contributed by atoms with Gasteiger partial charge in [0.15, 0.2) is 0 Å². The second-order valence-corrected chi connectivity index (χ2v) is 5.22. The topological polar surface area (TPSA) is 64.3 Å². The Morgan fingerprint density at radius 2 is 2.10 bits per heavy atom. The summed E-state index contributed by atoms with van der Waals surface area (Å²) in [4.78, 5) is 12.4. The molecule has 4 nitrogen and oxygen atoms in total. The van der Waals surface area contributed by atoms with Gasteiger partial charge in [0.2, 0.25) is 0 Å². The number of anilines is 1. The van der Waals surface area contributed by atoms with Crippen molar-refractivity contribution >= 4 is 11.6 Å². The standard InChI is InChI=1S/C17H18N2O2/c1-21-16-10-12(6-8-14(16)18)17(20)19-15-9-7-11-4-2-3-5-13(11)15/h2-6,8,10,15H,7,9,18H2,1H3,(H,19,20)/t15-/m1/s1. The Balaban J connectivity index is 1.79. The molecule has 0 bridgehead atoms. The highest BCUT2D eigenvalue weighted by Gasteiger charge is 2.23. The van der Waals surface area contributed by atoms with Crippen molar-refractivity contribution in [3.63, 3.8) is 0 Å². The zero-order chi connectivity index (χ0) is 14.8. The molecule has 0 heterocycles. The first kappa shape index (κ1) is 13.5. The third-order valence-corrected chi connectivity index (χ3v) is 3.93. The molecule has 0 saturated carbocycles. The maximum Gasteiger partial charge on any atom is 0.251 e. The van der Waals surface area contributed by atoms with Crippen LogP contribution in [0.3, 0.4) is 0 Å². The maximum absolute atomic E-state index is 12.4. The number of aryl methyl sites for hydroxylation is 1. The Labute approximate surface area is 123 Å². The summed E-state index contributed by atoms with van der Waals surface area (Å²) in [5.41, 5.74) is 9.39. The number of carbonyl (C=O) groups excluding carboxylic acids is 1. The Hall–Kier alpha value is -2.49. The average Bonchev–Trinajstić information content (AvgIpc) is 2.91. The molecule has 4 heteroatoms. The smallest absolute Gasteiger partial charge is 0.251 e. The summed E-state index contributed by atoms with van der Waals surface area (Å²) in [6.45, 7) is 0. The van der Waals surface area contributed by atoms with Crippen LogP contribution in [0, 0.1) is 0 Å². The number of hydrogen-bond acceptors (Lipinski definition) is 3. The lowest BCUT2D eigenvalue weighted by molar-refractivity contribution is 0.0936. The molecule has 3 N–H and O–H groups in total. The summed E-state index contributed by atoms with van der Waals surface area (Å²) in [6, 6.07) is 13.4. The summed E-state index contributed by atoms with van der Waals surface area (Å²) in [7, 11) is 1.54. The van der Waals surface area contributed by atoms with Crippen molar-refractivity contribution in [2.75, 3.05) is 12.8 Å². The van der Waals surface area contributed by atoms with Gasteiger partial charge >= 0.3 is 0 Å². The van der Waals surface area contributed by atoms with Gasteiger partial charge in [-0.05, 0) is 42.2 Å². The minimum absolute atomic E-state index is 0.0808. The molecule has 0 unspecified atom stereocenters. The van der Waals surface area contributed by atoms with Crippen LogP contribution in [0.25, 0.3) is 0 Å². The van der Waals surface area contributed by atoms with Crippen LogP contribution < -0.4 is 15.8 Å². The molecule has 0 aromatic heterocycles. The lowest BCUT2D eigenvalue weighted by atomic mass is 10.1. The van der Waals surface area contributed by atoms with Gasteiger partial charge in [-0.25, -0.2) is 0 Å². The number of carbonyl (C=O) groups is 1. The minimum Gasteiger partial charge on any atom is -0.495 e. The van der Waals surface area contributed by atoms with Crippen LogP contribution in [-0.2, 0) is 6.42 Å². The molecular weight excluding hydrogens is 264 g/mol. The molecule has 1 aliphatic carbocycles. The van der Waals surface area contributed by atoms with E-state index in [1.54, 1.807) is 25.3 Å². The van der Waals surface area contributed by atoms with Gasteiger partial charge in [-0.3, -0.25) is 4.79 Å². The number of rotatable bonds is 3. The number of nitrogens with two attached hydrogens (primary N) is 1. The Morgan fingerprint density at radius 3 is 2.90 bits per heavy atom. The maximum atomic E-state index is 12.4. The number of amides is 1. The van der Waals surface area contributed by atoms with Crippen molar-refractivity contribution in [1.82, 2.24) is 5.32 Å². The number of hydrogen-bond donors (Lipinski definition) is 2. The lowest BCUT2D eigenvalue weighted by Crippen LogP contribution is -2.27. The molecule has 0 saturated heterocycles. The fraction of sp³-hybridized carbons (Fsp3) is 0.235. The van der Waals surface area contributed by atoms with Crippen LogP contribution in [0.15, 0.2) is 42.5 Å². The van der Waals surface area contributed by atoms with Crippen molar-refractivity contribution in [2.45, 2.75) is 18.9 Å². The Bertz CT molecular complexity index is 682. The minimum atomic E-state index is -0.102. The number of nitrogens with one attached hydrogen (secondary N) is 1. The normalized spacial score (nSPS) is 16.3. The quantitative estimate of drug-likeness (QED) is 0.851. The highest BCUT2D eigenvalue weighted by Crippen LogP contribution is 2.31. The van der Waals surface area contributed by atoms with Gasteiger partial charge in [0, 0.05) is 5.56 Å². The number of nitrogen functional groups attached to an aromatic ring is 1. The third kappa shape index (κ3) is 2.57. The second kappa shape index (κ2) is 5.48. The molecule has 0 spiro atoms. The molecule has 1 aliphatic rings. The summed E-state index contributed by atoms with van der Waals surface area (Å²) in [5, 5.41) is 3.09. The molecule has 0 aliphatic heterocycles. The van der Waals surface area contributed by atoms with E-state index in [9.17, 15) is 4.79 Å². The van der Waals surface area contributed by atoms with Crippen molar-refractivity contribution in [1.29, 1.82) is 0 Å². The Morgan fingerprint density at radius 1 is 1.29 bits per heavy atom. The number of benzene rings is 2. The molecule has 3 rings (SSSR count). The molecule has 1 atom stereocenters. The van der Waals surface area contributed by atoms with Crippen LogP contribution in [-0.4, -0.2) is 13.0 Å². The first-order valence-electron chi connectivity index (χ1n) is 7.01. The van der Waals surface area contributed by atoms with Gasteiger partial charge in [0.25, 0.3) is 5.91 Å². The van der Waals surface area contributed by atoms with E-state index in [2.05, 4.69) is 17.4 Å².